The first-order valence-electron chi connectivity index (χ1n) is 4.31. The van der Waals surface area contributed by atoms with Crippen LogP contribution in [-0.4, -0.2) is 18.5 Å². The van der Waals surface area contributed by atoms with Crippen molar-refractivity contribution in [3.8, 4) is 0 Å². The molecule has 0 aromatic carbocycles. The molecule has 2 nitrogen and oxygen atoms in total. The lowest BCUT2D eigenvalue weighted by molar-refractivity contribution is 0.0588. The minimum Gasteiger partial charge on any atom is -0.371 e. The summed E-state index contributed by atoms with van der Waals surface area (Å²) in [7, 11) is 0. The number of ether oxygens (including phenoxy) is 1. The molecular weight excluding hydrogens is 184 g/mol. The summed E-state index contributed by atoms with van der Waals surface area (Å²) in [5.74, 6) is 0.0757. The Bertz CT molecular complexity index is 289. The van der Waals surface area contributed by atoms with Crippen LogP contribution in [0, 0.1) is 6.92 Å². The zero-order valence-electron chi connectivity index (χ0n) is 8.16. The minimum absolute atomic E-state index is 0.0757. The van der Waals surface area contributed by atoms with Crippen LogP contribution in [-0.2, 0) is 4.74 Å². The predicted octanol–water partition coefficient (Wildman–Crippen LogP) is 2.66. The van der Waals surface area contributed by atoms with Crippen molar-refractivity contribution in [2.45, 2.75) is 26.9 Å². The van der Waals surface area contributed by atoms with Crippen molar-refractivity contribution in [3.05, 3.63) is 21.9 Å². The number of hydrogen-bond acceptors (Lipinski definition) is 3. The summed E-state index contributed by atoms with van der Waals surface area (Å²) in [6, 6.07) is 3.80. The van der Waals surface area contributed by atoms with Crippen LogP contribution >= 0.6 is 11.3 Å². The average molecular weight is 198 g/mol. The number of thiophene rings is 1. The van der Waals surface area contributed by atoms with E-state index in [0.29, 0.717) is 0 Å². The van der Waals surface area contributed by atoms with E-state index < -0.39 is 0 Å². The molecule has 13 heavy (non-hydrogen) atoms. The normalized spacial score (nSPS) is 10.8. The first-order chi connectivity index (χ1) is 6.09. The Kier molecular flexibility index (Phi) is 3.63. The van der Waals surface area contributed by atoms with Gasteiger partial charge in [-0.1, -0.05) is 0 Å². The van der Waals surface area contributed by atoms with Gasteiger partial charge in [0, 0.05) is 4.88 Å². The van der Waals surface area contributed by atoms with Crippen LogP contribution < -0.4 is 0 Å². The second kappa shape index (κ2) is 4.53. The van der Waals surface area contributed by atoms with Gasteiger partial charge in [0.15, 0.2) is 5.78 Å². The third-order valence-corrected chi connectivity index (χ3v) is 2.60. The maximum absolute atomic E-state index is 11.4. The first-order valence-corrected chi connectivity index (χ1v) is 5.12. The summed E-state index contributed by atoms with van der Waals surface area (Å²) < 4.78 is 5.22. The second-order valence-corrected chi connectivity index (χ2v) is 4.48. The van der Waals surface area contributed by atoms with E-state index in [1.165, 1.54) is 11.3 Å². The van der Waals surface area contributed by atoms with Crippen molar-refractivity contribution < 1.29 is 9.53 Å². The summed E-state index contributed by atoms with van der Waals surface area (Å²) >= 11 is 1.52. The van der Waals surface area contributed by atoms with Gasteiger partial charge in [0.25, 0.3) is 0 Å². The third kappa shape index (κ3) is 3.28. The maximum atomic E-state index is 11.4. The molecule has 1 aromatic heterocycles. The zero-order chi connectivity index (χ0) is 9.84. The van der Waals surface area contributed by atoms with E-state index in [-0.39, 0.29) is 18.5 Å². The monoisotopic (exact) mass is 198 g/mol. The number of Topliss-reactive ketones (excluding diaryl/α,β-unsaturated/α-hetero) is 1. The Balaban J connectivity index is 2.49. The fourth-order valence-corrected chi connectivity index (χ4v) is 1.69. The van der Waals surface area contributed by atoms with E-state index >= 15 is 0 Å². The lowest BCUT2D eigenvalue weighted by Crippen LogP contribution is -2.12. The van der Waals surface area contributed by atoms with Crippen molar-refractivity contribution in [3.63, 3.8) is 0 Å². The standard InChI is InChI=1S/C10H14O2S/c1-7(2)12-6-9(11)10-5-4-8(3)13-10/h4-5,7H,6H2,1-3H3. The van der Waals surface area contributed by atoms with Crippen LogP contribution in [0.15, 0.2) is 12.1 Å². The lowest BCUT2D eigenvalue weighted by atomic mass is 10.3. The molecule has 0 saturated carbocycles. The molecule has 0 radical (unpaired) electrons. The van der Waals surface area contributed by atoms with Crippen LogP contribution in [0.25, 0.3) is 0 Å². The summed E-state index contributed by atoms with van der Waals surface area (Å²) in [5, 5.41) is 0. The fourth-order valence-electron chi connectivity index (χ4n) is 0.898. The van der Waals surface area contributed by atoms with Gasteiger partial charge in [0.05, 0.1) is 11.0 Å². The van der Waals surface area contributed by atoms with Gasteiger partial charge in [-0.25, -0.2) is 0 Å². The predicted molar refractivity (Wildman–Crippen MR) is 54.5 cm³/mol. The molecule has 0 atom stereocenters. The largest absolute Gasteiger partial charge is 0.371 e. The number of rotatable bonds is 4. The van der Waals surface area contributed by atoms with Gasteiger partial charge >= 0.3 is 0 Å². The molecule has 0 fully saturated rings. The van der Waals surface area contributed by atoms with Gasteiger partial charge < -0.3 is 4.74 Å². The molecule has 0 spiro atoms. The summed E-state index contributed by atoms with van der Waals surface area (Å²) in [5.41, 5.74) is 0. The van der Waals surface area contributed by atoms with Gasteiger partial charge in [-0.15, -0.1) is 11.3 Å². The molecule has 1 aromatic rings. The Labute approximate surface area is 82.5 Å². The number of carbonyl (C=O) groups excluding carboxylic acids is 1. The van der Waals surface area contributed by atoms with Crippen LogP contribution in [0.3, 0.4) is 0 Å². The second-order valence-electron chi connectivity index (χ2n) is 3.19. The summed E-state index contributed by atoms with van der Waals surface area (Å²) in [4.78, 5) is 13.4. The molecule has 0 unspecified atom stereocenters. The van der Waals surface area contributed by atoms with Gasteiger partial charge in [-0.2, -0.15) is 0 Å². The minimum atomic E-state index is 0.0757. The van der Waals surface area contributed by atoms with E-state index in [9.17, 15) is 4.79 Å². The number of aryl methyl sites for hydroxylation is 1. The quantitative estimate of drug-likeness (QED) is 0.695. The van der Waals surface area contributed by atoms with Crippen molar-refractivity contribution in [1.29, 1.82) is 0 Å². The zero-order valence-corrected chi connectivity index (χ0v) is 8.98. The highest BCUT2D eigenvalue weighted by Crippen LogP contribution is 2.15. The van der Waals surface area contributed by atoms with Crippen LogP contribution in [0.1, 0.15) is 28.4 Å². The third-order valence-electron chi connectivity index (χ3n) is 1.56. The number of hydrogen-bond donors (Lipinski definition) is 0. The van der Waals surface area contributed by atoms with E-state index in [2.05, 4.69) is 0 Å². The van der Waals surface area contributed by atoms with Crippen LogP contribution in [0.4, 0.5) is 0 Å². The SMILES string of the molecule is Cc1ccc(C(=O)COC(C)C)s1. The molecule has 1 rings (SSSR count). The fraction of sp³-hybridized carbons (Fsp3) is 0.500. The van der Waals surface area contributed by atoms with E-state index in [1.807, 2.05) is 32.9 Å². The van der Waals surface area contributed by atoms with Crippen molar-refractivity contribution in [1.82, 2.24) is 0 Å². The molecule has 1 heterocycles. The maximum Gasteiger partial charge on any atom is 0.198 e. The Morgan fingerprint density at radius 1 is 1.54 bits per heavy atom. The van der Waals surface area contributed by atoms with Gasteiger partial charge in [0.1, 0.15) is 6.61 Å². The van der Waals surface area contributed by atoms with Crippen molar-refractivity contribution in [2.75, 3.05) is 6.61 Å². The summed E-state index contributed by atoms with van der Waals surface area (Å²) in [6.45, 7) is 6.03. The smallest absolute Gasteiger partial charge is 0.198 e. The highest BCUT2D eigenvalue weighted by Gasteiger charge is 2.08. The van der Waals surface area contributed by atoms with Gasteiger partial charge in [-0.05, 0) is 32.9 Å². The van der Waals surface area contributed by atoms with Crippen LogP contribution in [0.2, 0.25) is 0 Å². The van der Waals surface area contributed by atoms with E-state index in [0.717, 1.165) is 9.75 Å². The van der Waals surface area contributed by atoms with Crippen molar-refractivity contribution >= 4 is 17.1 Å². The highest BCUT2D eigenvalue weighted by molar-refractivity contribution is 7.14. The molecule has 0 saturated heterocycles. The Morgan fingerprint density at radius 2 is 2.23 bits per heavy atom. The van der Waals surface area contributed by atoms with E-state index in [1.54, 1.807) is 0 Å². The van der Waals surface area contributed by atoms with Crippen LogP contribution in [0.5, 0.6) is 0 Å². The molecule has 0 N–H and O–H groups in total. The lowest BCUT2D eigenvalue weighted by Gasteiger charge is -2.04. The summed E-state index contributed by atoms with van der Waals surface area (Å²) in [6.07, 6.45) is 0.116. The highest BCUT2D eigenvalue weighted by atomic mass is 32.1. The molecule has 0 bridgehead atoms. The molecule has 0 amide bonds. The van der Waals surface area contributed by atoms with Gasteiger partial charge in [0.2, 0.25) is 0 Å². The molecule has 72 valence electrons. The molecule has 0 aliphatic rings. The average Bonchev–Trinajstić information content (AvgIpc) is 2.47. The molecule has 3 heteroatoms. The molecule has 0 aliphatic carbocycles. The van der Waals surface area contributed by atoms with Gasteiger partial charge in [-0.3, -0.25) is 4.79 Å². The Hall–Kier alpha value is -0.670. The van der Waals surface area contributed by atoms with E-state index in [4.69, 9.17) is 4.74 Å². The molecular formula is C10H14O2S. The van der Waals surface area contributed by atoms with Crippen molar-refractivity contribution in [2.24, 2.45) is 0 Å². The number of ketones is 1. The Morgan fingerprint density at radius 3 is 2.69 bits per heavy atom. The first kappa shape index (κ1) is 10.4. The topological polar surface area (TPSA) is 26.3 Å². The molecule has 0 aliphatic heterocycles. The number of carbonyl (C=O) groups is 1.